The molecule has 0 radical (unpaired) electrons. The van der Waals surface area contributed by atoms with Crippen LogP contribution in [0.2, 0.25) is 0 Å². The molecule has 6 nitrogen and oxygen atoms in total. The van der Waals surface area contributed by atoms with Crippen LogP contribution in [0.1, 0.15) is 5.56 Å². The number of aliphatic hydroxyl groups excluding tert-OH is 1. The summed E-state index contributed by atoms with van der Waals surface area (Å²) in [6.07, 6.45) is 1.32. The predicted octanol–water partition coefficient (Wildman–Crippen LogP) is 2.27. The summed E-state index contributed by atoms with van der Waals surface area (Å²) < 4.78 is 5.37. The van der Waals surface area contributed by atoms with Gasteiger partial charge in [-0.2, -0.15) is 0 Å². The quantitative estimate of drug-likeness (QED) is 0.660. The molecule has 0 spiro atoms. The molecule has 1 aromatic carbocycles. The van der Waals surface area contributed by atoms with Gasteiger partial charge in [-0.25, -0.2) is 4.98 Å². The molecule has 18 heavy (non-hydrogen) atoms. The van der Waals surface area contributed by atoms with Crippen LogP contribution in [0.5, 0.6) is 11.6 Å². The topological polar surface area (TPSA) is 85.5 Å². The monoisotopic (exact) mass is 246 g/mol. The van der Waals surface area contributed by atoms with E-state index in [1.54, 1.807) is 24.3 Å². The molecule has 0 aliphatic heterocycles. The van der Waals surface area contributed by atoms with E-state index in [2.05, 4.69) is 4.98 Å². The Morgan fingerprint density at radius 3 is 2.61 bits per heavy atom. The van der Waals surface area contributed by atoms with Crippen molar-refractivity contribution in [3.05, 3.63) is 58.3 Å². The highest BCUT2D eigenvalue weighted by Crippen LogP contribution is 2.22. The first-order valence-electron chi connectivity index (χ1n) is 5.17. The van der Waals surface area contributed by atoms with Crippen LogP contribution in [0.25, 0.3) is 0 Å². The Bertz CT molecular complexity index is 554. The minimum atomic E-state index is -0.511. The van der Waals surface area contributed by atoms with Gasteiger partial charge < -0.3 is 9.84 Å². The SMILES string of the molecule is O=[N+]([O-])c1ccnc(Oc2ccc(CO)cc2)c1. The van der Waals surface area contributed by atoms with Gasteiger partial charge in [-0.1, -0.05) is 12.1 Å². The van der Waals surface area contributed by atoms with E-state index in [4.69, 9.17) is 9.84 Å². The van der Waals surface area contributed by atoms with Crippen LogP contribution >= 0.6 is 0 Å². The molecule has 0 unspecified atom stereocenters. The molecule has 0 aliphatic rings. The van der Waals surface area contributed by atoms with E-state index in [1.165, 1.54) is 18.3 Å². The summed E-state index contributed by atoms with van der Waals surface area (Å²) in [7, 11) is 0. The Hall–Kier alpha value is -2.47. The van der Waals surface area contributed by atoms with E-state index in [0.717, 1.165) is 5.56 Å². The van der Waals surface area contributed by atoms with Gasteiger partial charge in [0.2, 0.25) is 5.88 Å². The van der Waals surface area contributed by atoms with Gasteiger partial charge in [-0.3, -0.25) is 10.1 Å². The smallest absolute Gasteiger partial charge is 0.276 e. The Labute approximate surface area is 103 Å². The van der Waals surface area contributed by atoms with Crippen LogP contribution < -0.4 is 4.74 Å². The summed E-state index contributed by atoms with van der Waals surface area (Å²) in [6.45, 7) is -0.0463. The zero-order valence-corrected chi connectivity index (χ0v) is 9.31. The van der Waals surface area contributed by atoms with E-state index in [9.17, 15) is 10.1 Å². The fourth-order valence-corrected chi connectivity index (χ4v) is 1.35. The van der Waals surface area contributed by atoms with Crippen LogP contribution in [-0.4, -0.2) is 15.0 Å². The zero-order chi connectivity index (χ0) is 13.0. The average molecular weight is 246 g/mol. The van der Waals surface area contributed by atoms with Gasteiger partial charge in [0.25, 0.3) is 5.69 Å². The van der Waals surface area contributed by atoms with E-state index < -0.39 is 4.92 Å². The number of ether oxygens (including phenoxy) is 1. The molecule has 1 aromatic heterocycles. The molecule has 2 aromatic rings. The second-order valence-corrected chi connectivity index (χ2v) is 3.51. The highest BCUT2D eigenvalue weighted by Gasteiger charge is 2.08. The number of aliphatic hydroxyl groups is 1. The van der Waals surface area contributed by atoms with Gasteiger partial charge in [-0.15, -0.1) is 0 Å². The van der Waals surface area contributed by atoms with E-state index >= 15 is 0 Å². The Kier molecular flexibility index (Phi) is 3.49. The van der Waals surface area contributed by atoms with Gasteiger partial charge in [-0.05, 0) is 17.7 Å². The Morgan fingerprint density at radius 1 is 1.28 bits per heavy atom. The molecule has 0 bridgehead atoms. The molecule has 1 N–H and O–H groups in total. The maximum atomic E-state index is 10.6. The molecule has 2 rings (SSSR count). The van der Waals surface area contributed by atoms with Crippen LogP contribution in [0, 0.1) is 10.1 Å². The second kappa shape index (κ2) is 5.24. The molecule has 6 heteroatoms. The van der Waals surface area contributed by atoms with Crippen molar-refractivity contribution in [2.24, 2.45) is 0 Å². The lowest BCUT2D eigenvalue weighted by Crippen LogP contribution is -1.92. The largest absolute Gasteiger partial charge is 0.439 e. The highest BCUT2D eigenvalue weighted by atomic mass is 16.6. The van der Waals surface area contributed by atoms with Crippen molar-refractivity contribution in [2.45, 2.75) is 6.61 Å². The standard InChI is InChI=1S/C12H10N2O4/c15-8-9-1-3-11(4-2-9)18-12-7-10(14(16)17)5-6-13-12/h1-7,15H,8H2. The highest BCUT2D eigenvalue weighted by molar-refractivity contribution is 5.36. The van der Waals surface area contributed by atoms with Gasteiger partial charge in [0.15, 0.2) is 0 Å². The zero-order valence-electron chi connectivity index (χ0n) is 9.31. The summed E-state index contributed by atoms with van der Waals surface area (Å²) in [5, 5.41) is 19.5. The van der Waals surface area contributed by atoms with Crippen LogP contribution in [-0.2, 0) is 6.61 Å². The van der Waals surface area contributed by atoms with Crippen molar-refractivity contribution < 1.29 is 14.8 Å². The molecular formula is C12H10N2O4. The second-order valence-electron chi connectivity index (χ2n) is 3.51. The normalized spacial score (nSPS) is 10.1. The number of benzene rings is 1. The van der Waals surface area contributed by atoms with Crippen molar-refractivity contribution in [3.63, 3.8) is 0 Å². The maximum absolute atomic E-state index is 10.6. The maximum Gasteiger partial charge on any atom is 0.276 e. The number of nitro groups is 1. The third-order valence-electron chi connectivity index (χ3n) is 2.26. The summed E-state index contributed by atoms with van der Waals surface area (Å²) >= 11 is 0. The summed E-state index contributed by atoms with van der Waals surface area (Å²) in [5.74, 6) is 0.654. The van der Waals surface area contributed by atoms with Crippen LogP contribution in [0.4, 0.5) is 5.69 Å². The molecule has 0 fully saturated rings. The molecule has 0 saturated carbocycles. The first kappa shape index (κ1) is 12.0. The molecule has 1 heterocycles. The van der Waals surface area contributed by atoms with Crippen LogP contribution in [0.3, 0.4) is 0 Å². The third kappa shape index (κ3) is 2.80. The van der Waals surface area contributed by atoms with Gasteiger partial charge in [0, 0.05) is 12.3 Å². The molecule has 0 saturated heterocycles. The molecule has 0 atom stereocenters. The molecular weight excluding hydrogens is 236 g/mol. The first-order valence-corrected chi connectivity index (χ1v) is 5.17. The van der Waals surface area contributed by atoms with E-state index in [1.807, 2.05) is 0 Å². The fourth-order valence-electron chi connectivity index (χ4n) is 1.35. The average Bonchev–Trinajstić information content (AvgIpc) is 2.40. The number of aromatic nitrogens is 1. The van der Waals surface area contributed by atoms with E-state index in [-0.39, 0.29) is 18.2 Å². The number of hydrogen-bond acceptors (Lipinski definition) is 5. The predicted molar refractivity (Wildman–Crippen MR) is 63.3 cm³/mol. The third-order valence-corrected chi connectivity index (χ3v) is 2.26. The molecule has 0 amide bonds. The van der Waals surface area contributed by atoms with Gasteiger partial charge in [0.1, 0.15) is 5.75 Å². The molecule has 0 aliphatic carbocycles. The van der Waals surface area contributed by atoms with Gasteiger partial charge >= 0.3 is 0 Å². The van der Waals surface area contributed by atoms with Crippen molar-refractivity contribution in [3.8, 4) is 11.6 Å². The van der Waals surface area contributed by atoms with Crippen LogP contribution in [0.15, 0.2) is 42.6 Å². The summed E-state index contributed by atoms with van der Waals surface area (Å²) in [4.78, 5) is 14.0. The summed E-state index contributed by atoms with van der Waals surface area (Å²) in [5.41, 5.74) is 0.682. The van der Waals surface area contributed by atoms with Crippen molar-refractivity contribution in [1.82, 2.24) is 4.98 Å². The van der Waals surface area contributed by atoms with Gasteiger partial charge in [0.05, 0.1) is 17.6 Å². The number of nitrogens with zero attached hydrogens (tertiary/aromatic N) is 2. The number of rotatable bonds is 4. The lowest BCUT2D eigenvalue weighted by Gasteiger charge is -2.04. The number of pyridine rings is 1. The Morgan fingerprint density at radius 2 is 2.00 bits per heavy atom. The molecule has 92 valence electrons. The minimum absolute atomic E-state index is 0.0463. The van der Waals surface area contributed by atoms with Crippen molar-refractivity contribution in [1.29, 1.82) is 0 Å². The fraction of sp³-hybridized carbons (Fsp3) is 0.0833. The lowest BCUT2D eigenvalue weighted by atomic mass is 10.2. The Balaban J connectivity index is 2.17. The van der Waals surface area contributed by atoms with Crippen molar-refractivity contribution >= 4 is 5.69 Å². The lowest BCUT2D eigenvalue weighted by molar-refractivity contribution is -0.385. The number of hydrogen-bond donors (Lipinski definition) is 1. The minimum Gasteiger partial charge on any atom is -0.439 e. The van der Waals surface area contributed by atoms with Crippen molar-refractivity contribution in [2.75, 3.05) is 0 Å². The first-order chi connectivity index (χ1) is 8.69. The van der Waals surface area contributed by atoms with E-state index in [0.29, 0.717) is 5.75 Å². The summed E-state index contributed by atoms with van der Waals surface area (Å²) in [6, 6.07) is 9.26.